The van der Waals surface area contributed by atoms with E-state index in [0.29, 0.717) is 30.4 Å². The molecule has 29 heavy (non-hydrogen) atoms. The lowest BCUT2D eigenvalue weighted by atomic mass is 10.1. The first-order valence-corrected chi connectivity index (χ1v) is 9.57. The molecule has 0 unspecified atom stereocenters. The summed E-state index contributed by atoms with van der Waals surface area (Å²) in [6.07, 6.45) is 3.22. The van der Waals surface area contributed by atoms with E-state index >= 15 is 0 Å². The molecule has 1 aliphatic rings. The van der Waals surface area contributed by atoms with Crippen LogP contribution in [0, 0.1) is 0 Å². The molecule has 1 aliphatic carbocycles. The summed E-state index contributed by atoms with van der Waals surface area (Å²) in [6.45, 7) is 0. The Morgan fingerprint density at radius 2 is 1.86 bits per heavy atom. The quantitative estimate of drug-likeness (QED) is 0.632. The molecule has 4 rings (SSSR count). The van der Waals surface area contributed by atoms with Gasteiger partial charge in [-0.05, 0) is 71.7 Å². The molecule has 1 fully saturated rings. The number of hydrogen-bond acceptors (Lipinski definition) is 6. The average molecular weight is 393 g/mol. The van der Waals surface area contributed by atoms with Crippen LogP contribution in [-0.2, 0) is 11.2 Å². The van der Waals surface area contributed by atoms with E-state index < -0.39 is 0 Å². The number of anilines is 1. The van der Waals surface area contributed by atoms with E-state index in [2.05, 4.69) is 20.8 Å². The number of amides is 1. The number of methoxy groups -OCH3 is 2. The Labute approximate surface area is 168 Å². The zero-order valence-electron chi connectivity index (χ0n) is 16.5. The van der Waals surface area contributed by atoms with Crippen LogP contribution in [0.15, 0.2) is 42.5 Å². The third-order valence-corrected chi connectivity index (χ3v) is 4.90. The summed E-state index contributed by atoms with van der Waals surface area (Å²) in [5.74, 6) is 2.05. The molecule has 0 spiro atoms. The molecule has 1 heterocycles. The zero-order valence-corrected chi connectivity index (χ0v) is 16.5. The van der Waals surface area contributed by atoms with Gasteiger partial charge in [0.25, 0.3) is 0 Å². The van der Waals surface area contributed by atoms with Crippen LogP contribution in [-0.4, -0.2) is 40.3 Å². The number of ether oxygens (including phenoxy) is 2. The molecule has 0 bridgehead atoms. The van der Waals surface area contributed by atoms with Crippen molar-refractivity contribution in [2.24, 2.45) is 0 Å². The van der Waals surface area contributed by atoms with Crippen LogP contribution in [0.1, 0.15) is 30.9 Å². The number of hydrogen-bond donors (Lipinski definition) is 1. The number of aryl methyl sites for hydroxylation is 1. The minimum absolute atomic E-state index is 0.0460. The van der Waals surface area contributed by atoms with E-state index in [1.54, 1.807) is 14.2 Å². The summed E-state index contributed by atoms with van der Waals surface area (Å²) in [7, 11) is 3.20. The molecule has 1 aromatic heterocycles. The van der Waals surface area contributed by atoms with E-state index in [-0.39, 0.29) is 5.91 Å². The third-order valence-electron chi connectivity index (χ3n) is 4.90. The first kappa shape index (κ1) is 18.9. The summed E-state index contributed by atoms with van der Waals surface area (Å²) in [6, 6.07) is 13.7. The maximum absolute atomic E-state index is 12.3. The molecule has 0 saturated heterocycles. The van der Waals surface area contributed by atoms with E-state index in [0.717, 1.165) is 35.5 Å². The Kier molecular flexibility index (Phi) is 5.41. The van der Waals surface area contributed by atoms with Gasteiger partial charge < -0.3 is 14.8 Å². The standard InChI is InChI=1S/C21H23N5O3/c1-28-18-11-3-14(13-19(18)29-2)4-12-20(27)22-16-7-5-15(6-8-16)21-23-24-25-26(21)17-9-10-17/h3,5-8,11,13,17H,4,9-10,12H2,1-2H3,(H,22,27). The number of carbonyl (C=O) groups is 1. The van der Waals surface area contributed by atoms with Gasteiger partial charge in [-0.1, -0.05) is 6.07 Å². The Balaban J connectivity index is 1.34. The minimum atomic E-state index is -0.0460. The lowest BCUT2D eigenvalue weighted by Crippen LogP contribution is -2.12. The molecule has 0 atom stereocenters. The molecule has 8 nitrogen and oxygen atoms in total. The molecule has 150 valence electrons. The summed E-state index contributed by atoms with van der Waals surface area (Å²) < 4.78 is 12.4. The van der Waals surface area contributed by atoms with E-state index in [9.17, 15) is 4.79 Å². The van der Waals surface area contributed by atoms with Crippen molar-refractivity contribution in [2.75, 3.05) is 19.5 Å². The van der Waals surface area contributed by atoms with Gasteiger partial charge in [0, 0.05) is 17.7 Å². The second-order valence-corrected chi connectivity index (χ2v) is 6.99. The fourth-order valence-corrected chi connectivity index (χ4v) is 3.17. The van der Waals surface area contributed by atoms with Gasteiger partial charge in [0.2, 0.25) is 5.91 Å². The minimum Gasteiger partial charge on any atom is -0.493 e. The second-order valence-electron chi connectivity index (χ2n) is 6.99. The van der Waals surface area contributed by atoms with Gasteiger partial charge in [0.1, 0.15) is 0 Å². The average Bonchev–Trinajstić information content (AvgIpc) is 3.49. The number of tetrazole rings is 1. The van der Waals surface area contributed by atoms with Gasteiger partial charge in [-0.15, -0.1) is 5.10 Å². The first-order valence-electron chi connectivity index (χ1n) is 9.57. The van der Waals surface area contributed by atoms with Crippen LogP contribution in [0.4, 0.5) is 5.69 Å². The van der Waals surface area contributed by atoms with Crippen LogP contribution in [0.3, 0.4) is 0 Å². The predicted octanol–water partition coefficient (Wildman–Crippen LogP) is 3.26. The van der Waals surface area contributed by atoms with Gasteiger partial charge in [0.05, 0.1) is 20.3 Å². The zero-order chi connectivity index (χ0) is 20.2. The van der Waals surface area contributed by atoms with Gasteiger partial charge >= 0.3 is 0 Å². The van der Waals surface area contributed by atoms with Crippen molar-refractivity contribution in [2.45, 2.75) is 31.7 Å². The molecular weight excluding hydrogens is 370 g/mol. The Hall–Kier alpha value is -3.42. The molecule has 0 radical (unpaired) electrons. The normalized spacial score (nSPS) is 13.2. The number of aromatic nitrogens is 4. The highest BCUT2D eigenvalue weighted by atomic mass is 16.5. The third kappa shape index (κ3) is 4.37. The molecule has 1 amide bonds. The van der Waals surface area contributed by atoms with Gasteiger partial charge in [-0.2, -0.15) is 0 Å². The second kappa shape index (κ2) is 8.30. The summed E-state index contributed by atoms with van der Waals surface area (Å²) in [5.41, 5.74) is 2.70. The van der Waals surface area contributed by atoms with Crippen molar-refractivity contribution in [3.05, 3.63) is 48.0 Å². The van der Waals surface area contributed by atoms with Gasteiger partial charge in [0.15, 0.2) is 17.3 Å². The molecule has 1 saturated carbocycles. The van der Waals surface area contributed by atoms with Crippen LogP contribution in [0.5, 0.6) is 11.5 Å². The number of nitrogens with one attached hydrogen (secondary N) is 1. The summed E-state index contributed by atoms with van der Waals surface area (Å²) in [4.78, 5) is 12.3. The lowest BCUT2D eigenvalue weighted by molar-refractivity contribution is -0.116. The maximum Gasteiger partial charge on any atom is 0.224 e. The fraction of sp³-hybridized carbons (Fsp3) is 0.333. The SMILES string of the molecule is COc1ccc(CCC(=O)Nc2ccc(-c3nnnn3C3CC3)cc2)cc1OC. The van der Waals surface area contributed by atoms with Crippen molar-refractivity contribution < 1.29 is 14.3 Å². The van der Waals surface area contributed by atoms with E-state index in [1.807, 2.05) is 47.1 Å². The highest BCUT2D eigenvalue weighted by Gasteiger charge is 2.28. The summed E-state index contributed by atoms with van der Waals surface area (Å²) >= 11 is 0. The molecular formula is C21H23N5O3. The molecule has 8 heteroatoms. The Bertz CT molecular complexity index is 996. The Morgan fingerprint density at radius 1 is 1.10 bits per heavy atom. The number of carbonyl (C=O) groups excluding carboxylic acids is 1. The maximum atomic E-state index is 12.3. The number of nitrogens with zero attached hydrogens (tertiary/aromatic N) is 4. The number of benzene rings is 2. The van der Waals surface area contributed by atoms with E-state index in [1.165, 1.54) is 0 Å². The number of rotatable bonds is 8. The topological polar surface area (TPSA) is 91.2 Å². The molecule has 1 N–H and O–H groups in total. The van der Waals surface area contributed by atoms with Crippen LogP contribution >= 0.6 is 0 Å². The van der Waals surface area contributed by atoms with Gasteiger partial charge in [-0.3, -0.25) is 4.79 Å². The van der Waals surface area contributed by atoms with Crippen molar-refractivity contribution in [1.82, 2.24) is 20.2 Å². The first-order chi connectivity index (χ1) is 14.2. The van der Waals surface area contributed by atoms with Crippen molar-refractivity contribution >= 4 is 11.6 Å². The van der Waals surface area contributed by atoms with Crippen LogP contribution in [0.25, 0.3) is 11.4 Å². The summed E-state index contributed by atoms with van der Waals surface area (Å²) in [5, 5.41) is 14.9. The fourth-order valence-electron chi connectivity index (χ4n) is 3.17. The molecule has 0 aliphatic heterocycles. The molecule has 3 aromatic rings. The monoisotopic (exact) mass is 393 g/mol. The predicted molar refractivity (Wildman–Crippen MR) is 108 cm³/mol. The van der Waals surface area contributed by atoms with Crippen molar-refractivity contribution in [3.63, 3.8) is 0 Å². The van der Waals surface area contributed by atoms with E-state index in [4.69, 9.17) is 9.47 Å². The van der Waals surface area contributed by atoms with Gasteiger partial charge in [-0.25, -0.2) is 4.68 Å². The largest absolute Gasteiger partial charge is 0.493 e. The van der Waals surface area contributed by atoms with Crippen molar-refractivity contribution in [1.29, 1.82) is 0 Å². The highest BCUT2D eigenvalue weighted by Crippen LogP contribution is 2.36. The molecule has 2 aromatic carbocycles. The lowest BCUT2D eigenvalue weighted by Gasteiger charge is -2.10. The smallest absolute Gasteiger partial charge is 0.224 e. The van der Waals surface area contributed by atoms with Crippen LogP contribution in [0.2, 0.25) is 0 Å². The van der Waals surface area contributed by atoms with Crippen molar-refractivity contribution in [3.8, 4) is 22.9 Å². The Morgan fingerprint density at radius 3 is 2.55 bits per heavy atom. The highest BCUT2D eigenvalue weighted by molar-refractivity contribution is 5.91. The van der Waals surface area contributed by atoms with Crippen LogP contribution < -0.4 is 14.8 Å².